The van der Waals surface area contributed by atoms with Crippen molar-refractivity contribution in [2.45, 2.75) is 39.7 Å². The second kappa shape index (κ2) is 6.64. The minimum Gasteiger partial charge on any atom is -0.309 e. The highest BCUT2D eigenvalue weighted by Crippen LogP contribution is 2.27. The number of aryl methyl sites for hydroxylation is 1. The molecular weight excluding hydrogens is 232 g/mol. The van der Waals surface area contributed by atoms with E-state index < -0.39 is 11.6 Å². The van der Waals surface area contributed by atoms with Crippen LogP contribution in [0.5, 0.6) is 0 Å². The van der Waals surface area contributed by atoms with Crippen molar-refractivity contribution >= 4 is 0 Å². The molecule has 0 bridgehead atoms. The van der Waals surface area contributed by atoms with Crippen LogP contribution in [0.15, 0.2) is 24.3 Å². The van der Waals surface area contributed by atoms with Crippen molar-refractivity contribution in [3.8, 4) is 0 Å². The van der Waals surface area contributed by atoms with Gasteiger partial charge in [-0.15, -0.1) is 6.58 Å². The summed E-state index contributed by atoms with van der Waals surface area (Å²) in [5, 5.41) is 3.19. The van der Waals surface area contributed by atoms with E-state index in [-0.39, 0.29) is 11.6 Å². The molecule has 1 aromatic rings. The maximum absolute atomic E-state index is 14.1. The molecule has 0 aliphatic heterocycles. The lowest BCUT2D eigenvalue weighted by Crippen LogP contribution is -2.24. The first-order valence-corrected chi connectivity index (χ1v) is 6.29. The third-order valence-corrected chi connectivity index (χ3v) is 2.86. The Morgan fingerprint density at radius 3 is 2.61 bits per heavy atom. The van der Waals surface area contributed by atoms with Crippen molar-refractivity contribution in [3.63, 3.8) is 0 Å². The molecule has 1 nitrogen and oxygen atoms in total. The molecule has 18 heavy (non-hydrogen) atoms. The third-order valence-electron chi connectivity index (χ3n) is 2.86. The Bertz CT molecular complexity index is 427. The average Bonchev–Trinajstić information content (AvgIpc) is 2.30. The molecule has 1 atom stereocenters. The van der Waals surface area contributed by atoms with Gasteiger partial charge in [0.05, 0.1) is 0 Å². The molecule has 0 radical (unpaired) electrons. The van der Waals surface area contributed by atoms with Gasteiger partial charge in [-0.3, -0.25) is 0 Å². The zero-order chi connectivity index (χ0) is 13.7. The maximum Gasteiger partial charge on any atom is 0.133 e. The summed E-state index contributed by atoms with van der Waals surface area (Å²) >= 11 is 0. The van der Waals surface area contributed by atoms with Crippen LogP contribution in [0, 0.1) is 18.6 Å². The van der Waals surface area contributed by atoms with Crippen LogP contribution in [0.3, 0.4) is 0 Å². The van der Waals surface area contributed by atoms with Gasteiger partial charge in [0.1, 0.15) is 11.6 Å². The van der Waals surface area contributed by atoms with E-state index in [1.54, 1.807) is 6.92 Å². The first-order valence-electron chi connectivity index (χ1n) is 6.29. The lowest BCUT2D eigenvalue weighted by Gasteiger charge is -2.21. The standard InChI is InChI=1S/C15H21F2N/c1-5-8-18-13(9-10(2)3)14-12(16)7-6-11(4)15(14)17/h6-7,13,18H,2,5,8-9H2,1,3-4H3. The van der Waals surface area contributed by atoms with E-state index in [1.165, 1.54) is 12.1 Å². The molecule has 1 N–H and O–H groups in total. The third kappa shape index (κ3) is 3.64. The minimum atomic E-state index is -0.493. The van der Waals surface area contributed by atoms with Crippen LogP contribution >= 0.6 is 0 Å². The van der Waals surface area contributed by atoms with Gasteiger partial charge >= 0.3 is 0 Å². The smallest absolute Gasteiger partial charge is 0.133 e. The second-order valence-corrected chi connectivity index (χ2v) is 4.76. The Labute approximate surface area is 108 Å². The van der Waals surface area contributed by atoms with Crippen LogP contribution in [-0.2, 0) is 0 Å². The number of hydrogen-bond acceptors (Lipinski definition) is 1. The van der Waals surface area contributed by atoms with Crippen molar-refractivity contribution in [2.75, 3.05) is 6.54 Å². The Morgan fingerprint density at radius 2 is 2.06 bits per heavy atom. The normalized spacial score (nSPS) is 12.5. The van der Waals surface area contributed by atoms with E-state index >= 15 is 0 Å². The summed E-state index contributed by atoms with van der Waals surface area (Å²) in [6.45, 7) is 10.1. The lowest BCUT2D eigenvalue weighted by molar-refractivity contribution is 0.461. The lowest BCUT2D eigenvalue weighted by atomic mass is 9.97. The topological polar surface area (TPSA) is 12.0 Å². The van der Waals surface area contributed by atoms with Gasteiger partial charge in [-0.1, -0.05) is 18.6 Å². The van der Waals surface area contributed by atoms with Crippen LogP contribution in [0.1, 0.15) is 43.9 Å². The second-order valence-electron chi connectivity index (χ2n) is 4.76. The van der Waals surface area contributed by atoms with Gasteiger partial charge in [0.25, 0.3) is 0 Å². The highest BCUT2D eigenvalue weighted by atomic mass is 19.1. The summed E-state index contributed by atoms with van der Waals surface area (Å²) in [5.41, 5.74) is 1.51. The molecule has 0 spiro atoms. The first-order chi connectivity index (χ1) is 8.47. The van der Waals surface area contributed by atoms with E-state index in [2.05, 4.69) is 11.9 Å². The fraction of sp³-hybridized carbons (Fsp3) is 0.467. The molecule has 0 aromatic heterocycles. The Morgan fingerprint density at radius 1 is 1.39 bits per heavy atom. The minimum absolute atomic E-state index is 0.131. The van der Waals surface area contributed by atoms with Gasteiger partial charge < -0.3 is 5.32 Å². The first kappa shape index (κ1) is 14.8. The highest BCUT2D eigenvalue weighted by Gasteiger charge is 2.21. The SMILES string of the molecule is C=C(C)CC(NCCC)c1c(F)ccc(C)c1F. The zero-order valence-electron chi connectivity index (χ0n) is 11.3. The molecule has 0 amide bonds. The average molecular weight is 253 g/mol. The molecule has 1 rings (SSSR count). The van der Waals surface area contributed by atoms with Gasteiger partial charge in [-0.25, -0.2) is 8.78 Å². The maximum atomic E-state index is 14.1. The summed E-state index contributed by atoms with van der Waals surface area (Å²) in [5.74, 6) is -0.946. The molecule has 0 aliphatic rings. The van der Waals surface area contributed by atoms with Gasteiger partial charge in [0.2, 0.25) is 0 Å². The molecule has 1 unspecified atom stereocenters. The quantitative estimate of drug-likeness (QED) is 0.746. The molecule has 1 aromatic carbocycles. The number of halogens is 2. The number of benzene rings is 1. The summed E-state index contributed by atoms with van der Waals surface area (Å²) in [7, 11) is 0. The van der Waals surface area contributed by atoms with Crippen molar-refractivity contribution in [2.24, 2.45) is 0 Å². The molecule has 0 saturated heterocycles. The Balaban J connectivity index is 3.10. The summed E-state index contributed by atoms with van der Waals surface area (Å²) in [6.07, 6.45) is 1.46. The largest absolute Gasteiger partial charge is 0.309 e. The van der Waals surface area contributed by atoms with Crippen LogP contribution in [0.25, 0.3) is 0 Å². The summed E-state index contributed by atoms with van der Waals surface area (Å²) < 4.78 is 27.9. The zero-order valence-corrected chi connectivity index (χ0v) is 11.3. The number of rotatable bonds is 6. The fourth-order valence-corrected chi connectivity index (χ4v) is 1.94. The van der Waals surface area contributed by atoms with E-state index in [1.807, 2.05) is 13.8 Å². The van der Waals surface area contributed by atoms with E-state index in [9.17, 15) is 8.78 Å². The summed E-state index contributed by atoms with van der Waals surface area (Å²) in [4.78, 5) is 0. The Kier molecular flexibility index (Phi) is 5.48. The van der Waals surface area contributed by atoms with Gasteiger partial charge in [0, 0.05) is 11.6 Å². The summed E-state index contributed by atoms with van der Waals surface area (Å²) in [6, 6.07) is 2.45. The Hall–Kier alpha value is -1.22. The van der Waals surface area contributed by atoms with Crippen molar-refractivity contribution in [1.82, 2.24) is 5.32 Å². The van der Waals surface area contributed by atoms with E-state index in [0.717, 1.165) is 18.5 Å². The molecule has 0 heterocycles. The number of nitrogens with one attached hydrogen (secondary N) is 1. The van der Waals surface area contributed by atoms with Crippen molar-refractivity contribution in [1.29, 1.82) is 0 Å². The van der Waals surface area contributed by atoms with E-state index in [4.69, 9.17) is 0 Å². The van der Waals surface area contributed by atoms with Gasteiger partial charge in [-0.05, 0) is 44.9 Å². The molecule has 0 saturated carbocycles. The van der Waals surface area contributed by atoms with Gasteiger partial charge in [0.15, 0.2) is 0 Å². The fourth-order valence-electron chi connectivity index (χ4n) is 1.94. The van der Waals surface area contributed by atoms with Crippen LogP contribution in [-0.4, -0.2) is 6.54 Å². The van der Waals surface area contributed by atoms with Crippen LogP contribution in [0.4, 0.5) is 8.78 Å². The van der Waals surface area contributed by atoms with Crippen LogP contribution in [0.2, 0.25) is 0 Å². The predicted octanol–water partition coefficient (Wildman–Crippen LogP) is 4.28. The van der Waals surface area contributed by atoms with Crippen molar-refractivity contribution in [3.05, 3.63) is 47.0 Å². The highest BCUT2D eigenvalue weighted by molar-refractivity contribution is 5.30. The molecule has 3 heteroatoms. The van der Waals surface area contributed by atoms with Crippen molar-refractivity contribution < 1.29 is 8.78 Å². The predicted molar refractivity (Wildman–Crippen MR) is 71.6 cm³/mol. The van der Waals surface area contributed by atoms with E-state index in [0.29, 0.717) is 12.0 Å². The monoisotopic (exact) mass is 253 g/mol. The molecule has 0 fully saturated rings. The van der Waals surface area contributed by atoms with Gasteiger partial charge in [-0.2, -0.15) is 0 Å². The molecule has 100 valence electrons. The molecule has 0 aliphatic carbocycles. The molecular formula is C15H21F2N. The van der Waals surface area contributed by atoms with Crippen LogP contribution < -0.4 is 5.32 Å². The number of hydrogen-bond donors (Lipinski definition) is 1.